The molecule has 0 aliphatic rings. The van der Waals surface area contributed by atoms with Crippen molar-refractivity contribution in [3.63, 3.8) is 0 Å². The standard InChI is InChI=1S/C17H24N2O3/c1-17(2,12-20)10-3-11-19-15(21)9-6-13-4-7-14(8-5-13)16(18)22/h4-9,20H,3,10-12H2,1-2H3,(H2,18,22)(H,19,21)/b9-6+. The molecule has 0 unspecified atom stereocenters. The van der Waals surface area contributed by atoms with E-state index >= 15 is 0 Å². The number of primary amides is 1. The monoisotopic (exact) mass is 304 g/mol. The van der Waals surface area contributed by atoms with Gasteiger partial charge in [0.2, 0.25) is 11.8 Å². The molecule has 1 rings (SSSR count). The Balaban J connectivity index is 2.37. The number of rotatable bonds is 8. The molecular formula is C17H24N2O3. The molecule has 120 valence electrons. The fourth-order valence-corrected chi connectivity index (χ4v) is 1.85. The molecule has 0 bridgehead atoms. The summed E-state index contributed by atoms with van der Waals surface area (Å²) in [5, 5.41) is 11.9. The number of amides is 2. The highest BCUT2D eigenvalue weighted by Crippen LogP contribution is 2.20. The lowest BCUT2D eigenvalue weighted by Crippen LogP contribution is -2.24. The number of benzene rings is 1. The molecule has 0 radical (unpaired) electrons. The Hall–Kier alpha value is -2.14. The van der Waals surface area contributed by atoms with Gasteiger partial charge in [-0.3, -0.25) is 9.59 Å². The smallest absolute Gasteiger partial charge is 0.248 e. The third-order valence-corrected chi connectivity index (χ3v) is 3.38. The average Bonchev–Trinajstić information content (AvgIpc) is 2.50. The van der Waals surface area contributed by atoms with E-state index in [1.54, 1.807) is 30.3 Å². The van der Waals surface area contributed by atoms with E-state index < -0.39 is 5.91 Å². The first-order chi connectivity index (χ1) is 10.3. The van der Waals surface area contributed by atoms with Crippen LogP contribution in [0.5, 0.6) is 0 Å². The van der Waals surface area contributed by atoms with Crippen LogP contribution in [-0.2, 0) is 4.79 Å². The third kappa shape index (κ3) is 6.54. The van der Waals surface area contributed by atoms with Crippen molar-refractivity contribution in [3.8, 4) is 0 Å². The zero-order valence-corrected chi connectivity index (χ0v) is 13.1. The number of carbonyl (C=O) groups excluding carboxylic acids is 2. The van der Waals surface area contributed by atoms with Crippen molar-refractivity contribution in [1.29, 1.82) is 0 Å². The average molecular weight is 304 g/mol. The summed E-state index contributed by atoms with van der Waals surface area (Å²) in [4.78, 5) is 22.6. The van der Waals surface area contributed by atoms with E-state index in [0.717, 1.165) is 18.4 Å². The molecule has 1 aromatic rings. The predicted molar refractivity (Wildman–Crippen MR) is 87.1 cm³/mol. The Morgan fingerprint density at radius 2 is 1.91 bits per heavy atom. The summed E-state index contributed by atoms with van der Waals surface area (Å²) in [6.07, 6.45) is 4.80. The molecule has 1 aromatic carbocycles. The zero-order valence-electron chi connectivity index (χ0n) is 13.1. The SMILES string of the molecule is CC(C)(CO)CCCNC(=O)/C=C/c1ccc(C(N)=O)cc1. The van der Waals surface area contributed by atoms with Gasteiger partial charge in [-0.25, -0.2) is 0 Å². The topological polar surface area (TPSA) is 92.4 Å². The first kappa shape index (κ1) is 17.9. The summed E-state index contributed by atoms with van der Waals surface area (Å²) < 4.78 is 0. The van der Waals surface area contributed by atoms with E-state index in [1.807, 2.05) is 13.8 Å². The van der Waals surface area contributed by atoms with Gasteiger partial charge in [0.05, 0.1) is 0 Å². The molecule has 0 aromatic heterocycles. The Morgan fingerprint density at radius 1 is 1.27 bits per heavy atom. The number of hydrogen-bond acceptors (Lipinski definition) is 3. The molecule has 22 heavy (non-hydrogen) atoms. The van der Waals surface area contributed by atoms with E-state index in [-0.39, 0.29) is 17.9 Å². The molecule has 0 fully saturated rings. The minimum Gasteiger partial charge on any atom is -0.396 e. The van der Waals surface area contributed by atoms with Crippen molar-refractivity contribution in [2.24, 2.45) is 11.1 Å². The van der Waals surface area contributed by atoms with Gasteiger partial charge in [0, 0.05) is 24.8 Å². The number of carbonyl (C=O) groups is 2. The summed E-state index contributed by atoms with van der Waals surface area (Å²) in [6, 6.07) is 6.70. The summed E-state index contributed by atoms with van der Waals surface area (Å²) in [6.45, 7) is 4.70. The van der Waals surface area contributed by atoms with Gasteiger partial charge in [-0.05, 0) is 42.0 Å². The van der Waals surface area contributed by atoms with Gasteiger partial charge in [0.25, 0.3) is 0 Å². The molecule has 5 nitrogen and oxygen atoms in total. The fourth-order valence-electron chi connectivity index (χ4n) is 1.85. The maximum atomic E-state index is 11.7. The number of hydrogen-bond donors (Lipinski definition) is 3. The molecular weight excluding hydrogens is 280 g/mol. The fraction of sp³-hybridized carbons (Fsp3) is 0.412. The van der Waals surface area contributed by atoms with Crippen LogP contribution in [0.4, 0.5) is 0 Å². The Labute approximate surface area is 131 Å². The largest absolute Gasteiger partial charge is 0.396 e. The molecule has 0 aliphatic heterocycles. The van der Waals surface area contributed by atoms with Crippen molar-refractivity contribution < 1.29 is 14.7 Å². The molecule has 2 amide bonds. The lowest BCUT2D eigenvalue weighted by atomic mass is 9.89. The number of nitrogens with two attached hydrogens (primary N) is 1. The summed E-state index contributed by atoms with van der Waals surface area (Å²) in [5.74, 6) is -0.639. The first-order valence-electron chi connectivity index (χ1n) is 7.31. The van der Waals surface area contributed by atoms with E-state index in [9.17, 15) is 9.59 Å². The maximum Gasteiger partial charge on any atom is 0.248 e. The van der Waals surface area contributed by atoms with Crippen LogP contribution in [0.2, 0.25) is 0 Å². The van der Waals surface area contributed by atoms with Crippen LogP contribution >= 0.6 is 0 Å². The van der Waals surface area contributed by atoms with Crippen LogP contribution in [0.1, 0.15) is 42.6 Å². The Morgan fingerprint density at radius 3 is 2.45 bits per heavy atom. The Kier molecular flexibility index (Phi) is 6.79. The summed E-state index contributed by atoms with van der Waals surface area (Å²) >= 11 is 0. The molecule has 0 saturated heterocycles. The predicted octanol–water partition coefficient (Wildman–Crippen LogP) is 1.71. The van der Waals surface area contributed by atoms with Gasteiger partial charge in [0.15, 0.2) is 0 Å². The lowest BCUT2D eigenvalue weighted by molar-refractivity contribution is -0.116. The van der Waals surface area contributed by atoms with Gasteiger partial charge >= 0.3 is 0 Å². The second-order valence-corrected chi connectivity index (χ2v) is 6.04. The van der Waals surface area contributed by atoms with Crippen LogP contribution in [0.25, 0.3) is 6.08 Å². The van der Waals surface area contributed by atoms with Gasteiger partial charge in [-0.1, -0.05) is 26.0 Å². The quantitative estimate of drug-likeness (QED) is 0.504. The number of aliphatic hydroxyl groups is 1. The van der Waals surface area contributed by atoms with Crippen LogP contribution in [0.15, 0.2) is 30.3 Å². The summed E-state index contributed by atoms with van der Waals surface area (Å²) in [7, 11) is 0. The van der Waals surface area contributed by atoms with Crippen molar-refractivity contribution >= 4 is 17.9 Å². The second kappa shape index (κ2) is 8.34. The number of aliphatic hydroxyl groups excluding tert-OH is 1. The van der Waals surface area contributed by atoms with Crippen molar-refractivity contribution in [1.82, 2.24) is 5.32 Å². The van der Waals surface area contributed by atoms with Gasteiger partial charge in [0.1, 0.15) is 0 Å². The highest BCUT2D eigenvalue weighted by atomic mass is 16.3. The van der Waals surface area contributed by atoms with Gasteiger partial charge in [-0.2, -0.15) is 0 Å². The van der Waals surface area contributed by atoms with E-state index in [2.05, 4.69) is 5.32 Å². The highest BCUT2D eigenvalue weighted by Gasteiger charge is 2.15. The van der Waals surface area contributed by atoms with Crippen LogP contribution in [-0.4, -0.2) is 30.1 Å². The number of nitrogens with one attached hydrogen (secondary N) is 1. The van der Waals surface area contributed by atoms with Crippen LogP contribution in [0.3, 0.4) is 0 Å². The molecule has 0 saturated carbocycles. The Bertz CT molecular complexity index is 533. The van der Waals surface area contributed by atoms with Gasteiger partial charge in [-0.15, -0.1) is 0 Å². The van der Waals surface area contributed by atoms with Crippen molar-refractivity contribution in [2.75, 3.05) is 13.2 Å². The molecule has 5 heteroatoms. The molecule has 4 N–H and O–H groups in total. The van der Waals surface area contributed by atoms with E-state index in [0.29, 0.717) is 12.1 Å². The van der Waals surface area contributed by atoms with Crippen LogP contribution < -0.4 is 11.1 Å². The second-order valence-electron chi connectivity index (χ2n) is 6.04. The lowest BCUT2D eigenvalue weighted by Gasteiger charge is -2.20. The zero-order chi connectivity index (χ0) is 16.6. The van der Waals surface area contributed by atoms with Crippen LogP contribution in [0, 0.1) is 5.41 Å². The summed E-state index contributed by atoms with van der Waals surface area (Å²) in [5.41, 5.74) is 6.31. The minimum atomic E-state index is -0.473. The molecule has 0 heterocycles. The molecule has 0 aliphatic carbocycles. The first-order valence-corrected chi connectivity index (χ1v) is 7.31. The molecule has 0 atom stereocenters. The molecule has 0 spiro atoms. The van der Waals surface area contributed by atoms with Gasteiger partial charge < -0.3 is 16.2 Å². The van der Waals surface area contributed by atoms with Crippen molar-refractivity contribution in [2.45, 2.75) is 26.7 Å². The highest BCUT2D eigenvalue weighted by molar-refractivity contribution is 5.94. The minimum absolute atomic E-state index is 0.108. The maximum absolute atomic E-state index is 11.7. The van der Waals surface area contributed by atoms with E-state index in [1.165, 1.54) is 6.08 Å². The van der Waals surface area contributed by atoms with Crippen molar-refractivity contribution in [3.05, 3.63) is 41.5 Å². The normalized spacial score (nSPS) is 11.6. The third-order valence-electron chi connectivity index (χ3n) is 3.38. The van der Waals surface area contributed by atoms with E-state index in [4.69, 9.17) is 10.8 Å².